The van der Waals surface area contributed by atoms with Crippen LogP contribution in [-0.4, -0.2) is 18.0 Å². The lowest BCUT2D eigenvalue weighted by Gasteiger charge is -2.12. The van der Waals surface area contributed by atoms with Crippen LogP contribution in [0.3, 0.4) is 0 Å². The van der Waals surface area contributed by atoms with E-state index in [0.29, 0.717) is 6.54 Å². The largest absolute Gasteiger partial charge is 0.544 e. The Balaban J connectivity index is 2.46. The van der Waals surface area contributed by atoms with Gasteiger partial charge in [-0.25, -0.2) is 4.57 Å². The fourth-order valence-electron chi connectivity index (χ4n) is 0.819. The van der Waals surface area contributed by atoms with Gasteiger partial charge in [-0.2, -0.15) is 10.1 Å². The first-order valence-corrected chi connectivity index (χ1v) is 5.82. The number of phosphoric ester groups is 1. The zero-order valence-corrected chi connectivity index (χ0v) is 8.89. The van der Waals surface area contributed by atoms with Gasteiger partial charge in [-0.1, -0.05) is 18.2 Å². The van der Waals surface area contributed by atoms with Gasteiger partial charge in [0.05, 0.1) is 0 Å². The predicted molar refractivity (Wildman–Crippen MR) is 55.0 cm³/mol. The molecule has 84 valence electrons. The highest BCUT2D eigenvalue weighted by atomic mass is 31.2. The Labute approximate surface area is 87.6 Å². The summed E-state index contributed by atoms with van der Waals surface area (Å²) in [5.41, 5.74) is 7.39. The van der Waals surface area contributed by atoms with Crippen LogP contribution >= 0.6 is 7.82 Å². The molecule has 0 radical (unpaired) electrons. The fraction of sp³-hybridized carbons (Fsp3) is 0.250. The van der Waals surface area contributed by atoms with Gasteiger partial charge in [-0.05, 0) is 12.1 Å². The summed E-state index contributed by atoms with van der Waals surface area (Å²) in [4.78, 5) is 9.20. The highest BCUT2D eigenvalue weighted by molar-refractivity contribution is 7.47. The molecule has 1 unspecified atom stereocenters. The van der Waals surface area contributed by atoms with E-state index in [-0.39, 0.29) is 12.3 Å². The van der Waals surface area contributed by atoms with E-state index in [4.69, 9.17) is 10.3 Å². The molecule has 0 heterocycles. The molecule has 0 saturated carbocycles. The molecule has 6 nitrogen and oxygen atoms in total. The second-order valence-electron chi connectivity index (χ2n) is 2.65. The topological polar surface area (TPSA) is 93.8 Å². The van der Waals surface area contributed by atoms with Gasteiger partial charge < -0.3 is 10.3 Å². The zero-order chi connectivity index (χ0) is 11.1. The van der Waals surface area contributed by atoms with Gasteiger partial charge in [0.15, 0.2) is 0 Å². The van der Waals surface area contributed by atoms with Crippen molar-refractivity contribution in [2.45, 2.75) is 0 Å². The third-order valence-corrected chi connectivity index (χ3v) is 2.19. The maximum absolute atomic E-state index is 11.3. The van der Waals surface area contributed by atoms with E-state index in [0.717, 1.165) is 0 Å². The zero-order valence-electron chi connectivity index (χ0n) is 8.00. The minimum absolute atomic E-state index is 0.262. The number of hydrogen-bond acceptors (Lipinski definition) is 5. The molecule has 0 aliphatic carbocycles. The van der Waals surface area contributed by atoms with Crippen molar-refractivity contribution >= 4 is 7.82 Å². The Kier molecular flexibility index (Phi) is 4.74. The summed E-state index contributed by atoms with van der Waals surface area (Å²) >= 11 is 0. The number of nitrogens with two attached hydrogens (primary N) is 1. The van der Waals surface area contributed by atoms with Gasteiger partial charge in [-0.15, -0.1) is 0 Å². The van der Waals surface area contributed by atoms with Crippen molar-refractivity contribution < 1.29 is 18.6 Å². The maximum atomic E-state index is 11.3. The van der Waals surface area contributed by atoms with Gasteiger partial charge in [0.1, 0.15) is 5.75 Å². The minimum atomic E-state index is -4.11. The van der Waals surface area contributed by atoms with Gasteiger partial charge in [0, 0.05) is 13.1 Å². The molecule has 0 aliphatic heterocycles. The Hall–Kier alpha value is -0.910. The lowest BCUT2D eigenvalue weighted by atomic mass is 10.3. The van der Waals surface area contributed by atoms with Gasteiger partial charge in [0.2, 0.25) is 0 Å². The van der Waals surface area contributed by atoms with Crippen LogP contribution in [0.15, 0.2) is 30.3 Å². The van der Waals surface area contributed by atoms with E-state index in [1.165, 1.54) is 0 Å². The van der Waals surface area contributed by atoms with Gasteiger partial charge in [0.25, 0.3) is 0 Å². The SMILES string of the molecule is NCCNOP(=O)(O)Oc1ccccc1. The first-order valence-electron chi connectivity index (χ1n) is 4.33. The van der Waals surface area contributed by atoms with Crippen LogP contribution in [0.2, 0.25) is 0 Å². The predicted octanol–water partition coefficient (Wildman–Crippen LogP) is 0.646. The number of rotatable bonds is 6. The van der Waals surface area contributed by atoms with E-state index < -0.39 is 7.82 Å². The molecule has 0 spiro atoms. The highest BCUT2D eigenvalue weighted by Crippen LogP contribution is 2.42. The van der Waals surface area contributed by atoms with Crippen LogP contribution in [0, 0.1) is 0 Å². The van der Waals surface area contributed by atoms with E-state index in [9.17, 15) is 9.46 Å². The van der Waals surface area contributed by atoms with E-state index in [1.54, 1.807) is 30.3 Å². The van der Waals surface area contributed by atoms with Crippen LogP contribution in [0.5, 0.6) is 5.75 Å². The molecular formula is C8H13N2O4P. The third kappa shape index (κ3) is 4.92. The van der Waals surface area contributed by atoms with E-state index in [2.05, 4.69) is 10.1 Å². The molecule has 0 bridgehead atoms. The number of para-hydroxylation sites is 1. The molecule has 0 amide bonds. The minimum Gasteiger partial charge on any atom is -0.403 e. The molecule has 0 aliphatic rings. The summed E-state index contributed by atoms with van der Waals surface area (Å²) in [5.74, 6) is 0.262. The lowest BCUT2D eigenvalue weighted by molar-refractivity contribution is 0.132. The van der Waals surface area contributed by atoms with Gasteiger partial charge >= 0.3 is 7.82 Å². The summed E-state index contributed by atoms with van der Waals surface area (Å²) < 4.78 is 20.4. The molecule has 0 fully saturated rings. The summed E-state index contributed by atoms with van der Waals surface area (Å²) in [7, 11) is -4.11. The van der Waals surface area contributed by atoms with Crippen LogP contribution in [-0.2, 0) is 9.19 Å². The van der Waals surface area contributed by atoms with Crippen LogP contribution in [0.4, 0.5) is 0 Å². The van der Waals surface area contributed by atoms with Crippen molar-refractivity contribution in [1.29, 1.82) is 0 Å². The Bertz CT molecular complexity index is 333. The lowest BCUT2D eigenvalue weighted by Crippen LogP contribution is -2.22. The van der Waals surface area contributed by atoms with Crippen LogP contribution in [0.1, 0.15) is 0 Å². The summed E-state index contributed by atoms with van der Waals surface area (Å²) in [6.07, 6.45) is 0. The molecule has 1 atom stereocenters. The standard InChI is InChI=1S/C8H13N2O4P/c9-6-7-10-14-15(11,12)13-8-4-2-1-3-5-8/h1-5,10H,6-7,9H2,(H,11,12). The first kappa shape index (κ1) is 12.2. The molecule has 4 N–H and O–H groups in total. The quantitative estimate of drug-likeness (QED) is 0.378. The molecular weight excluding hydrogens is 219 g/mol. The molecule has 1 aromatic carbocycles. The molecule has 1 aromatic rings. The highest BCUT2D eigenvalue weighted by Gasteiger charge is 2.22. The second-order valence-corrected chi connectivity index (χ2v) is 3.95. The maximum Gasteiger partial charge on any atom is 0.544 e. The molecule has 15 heavy (non-hydrogen) atoms. The molecule has 7 heteroatoms. The summed E-state index contributed by atoms with van der Waals surface area (Å²) in [5, 5.41) is 0. The fourth-order valence-corrected chi connectivity index (χ4v) is 1.50. The molecule has 0 aromatic heterocycles. The normalized spacial score (nSPS) is 14.5. The van der Waals surface area contributed by atoms with Crippen molar-refractivity contribution in [2.75, 3.05) is 13.1 Å². The monoisotopic (exact) mass is 232 g/mol. The number of benzene rings is 1. The van der Waals surface area contributed by atoms with Crippen molar-refractivity contribution in [3.8, 4) is 5.75 Å². The van der Waals surface area contributed by atoms with E-state index >= 15 is 0 Å². The van der Waals surface area contributed by atoms with Crippen molar-refractivity contribution in [2.24, 2.45) is 5.73 Å². The average molecular weight is 232 g/mol. The third-order valence-electron chi connectivity index (χ3n) is 1.39. The Morgan fingerprint density at radius 2 is 2.07 bits per heavy atom. The van der Waals surface area contributed by atoms with Crippen molar-refractivity contribution in [1.82, 2.24) is 5.48 Å². The number of phosphoric acid groups is 1. The smallest absolute Gasteiger partial charge is 0.403 e. The second kappa shape index (κ2) is 5.85. The van der Waals surface area contributed by atoms with Crippen molar-refractivity contribution in [3.63, 3.8) is 0 Å². The summed E-state index contributed by atoms with van der Waals surface area (Å²) in [6, 6.07) is 8.23. The first-order chi connectivity index (χ1) is 7.14. The number of nitrogens with one attached hydrogen (secondary N) is 1. The average Bonchev–Trinajstić information content (AvgIpc) is 2.18. The number of hydrogen-bond donors (Lipinski definition) is 3. The van der Waals surface area contributed by atoms with E-state index in [1.807, 2.05) is 0 Å². The number of hydroxylamine groups is 1. The van der Waals surface area contributed by atoms with Gasteiger partial charge in [-0.3, -0.25) is 4.89 Å². The molecule has 1 rings (SSSR count). The summed E-state index contributed by atoms with van der Waals surface area (Å²) in [6.45, 7) is 0.564. The van der Waals surface area contributed by atoms with Crippen molar-refractivity contribution in [3.05, 3.63) is 30.3 Å². The molecule has 0 saturated heterocycles. The Morgan fingerprint density at radius 3 is 2.67 bits per heavy atom. The Morgan fingerprint density at radius 1 is 1.40 bits per heavy atom. The van der Waals surface area contributed by atoms with Crippen LogP contribution in [0.25, 0.3) is 0 Å². The van der Waals surface area contributed by atoms with Crippen LogP contribution < -0.4 is 15.7 Å².